The van der Waals surface area contributed by atoms with E-state index in [0.717, 1.165) is 16.1 Å². The Balaban J connectivity index is 1.79. The number of anilines is 1. The summed E-state index contributed by atoms with van der Waals surface area (Å²) in [7, 11) is -3.71. The number of rotatable bonds is 8. The maximum atomic E-state index is 12.8. The van der Waals surface area contributed by atoms with Gasteiger partial charge < -0.3 is 0 Å². The van der Waals surface area contributed by atoms with Crippen molar-refractivity contribution in [2.75, 3.05) is 18.4 Å². The van der Waals surface area contributed by atoms with Gasteiger partial charge in [0.15, 0.2) is 0 Å². The second-order valence-corrected chi connectivity index (χ2v) is 10.3. The van der Waals surface area contributed by atoms with Crippen LogP contribution in [0.4, 0.5) is 5.13 Å². The predicted molar refractivity (Wildman–Crippen MR) is 123 cm³/mol. The number of nitrogens with zero attached hydrogens (tertiary/aromatic N) is 3. The van der Waals surface area contributed by atoms with E-state index < -0.39 is 15.9 Å². The zero-order chi connectivity index (χ0) is 22.6. The van der Waals surface area contributed by atoms with Gasteiger partial charge in [-0.3, -0.25) is 10.1 Å². The van der Waals surface area contributed by atoms with Crippen molar-refractivity contribution in [3.63, 3.8) is 0 Å². The standard InChI is InChI=1S/C21H23ClN4O3S2/c1-4-26(5-2)31(28,29)16-9-10-18(22)17(13-16)20(27)23-21-25-24-19(30-21)12-15-8-6-7-14(3)11-15/h6-11,13H,4-5,12H2,1-3H3,(H,23,25,27). The number of hydrogen-bond donors (Lipinski definition) is 1. The number of carbonyl (C=O) groups is 1. The first kappa shape index (κ1) is 23.3. The van der Waals surface area contributed by atoms with E-state index in [1.807, 2.05) is 25.1 Å². The molecule has 10 heteroatoms. The van der Waals surface area contributed by atoms with E-state index in [2.05, 4.69) is 21.6 Å². The van der Waals surface area contributed by atoms with Gasteiger partial charge in [-0.1, -0.05) is 66.6 Å². The molecule has 0 fully saturated rings. The molecule has 0 unspecified atom stereocenters. The average Bonchev–Trinajstić information content (AvgIpc) is 3.15. The van der Waals surface area contributed by atoms with Crippen molar-refractivity contribution in [1.82, 2.24) is 14.5 Å². The largest absolute Gasteiger partial charge is 0.296 e. The maximum absolute atomic E-state index is 12.8. The minimum absolute atomic E-state index is 0.0168. The SMILES string of the molecule is CCN(CC)S(=O)(=O)c1ccc(Cl)c(C(=O)Nc2nnc(Cc3cccc(C)c3)s2)c1. The first-order valence-corrected chi connectivity index (χ1v) is 12.4. The molecule has 0 aliphatic heterocycles. The minimum atomic E-state index is -3.71. The van der Waals surface area contributed by atoms with Crippen molar-refractivity contribution in [1.29, 1.82) is 0 Å². The van der Waals surface area contributed by atoms with Crippen LogP contribution in [0.5, 0.6) is 0 Å². The first-order chi connectivity index (χ1) is 14.7. The molecule has 0 aliphatic carbocycles. The molecular weight excluding hydrogens is 456 g/mol. The van der Waals surface area contributed by atoms with Gasteiger partial charge in [-0.15, -0.1) is 10.2 Å². The van der Waals surface area contributed by atoms with Crippen LogP contribution in [0.15, 0.2) is 47.4 Å². The molecule has 0 atom stereocenters. The van der Waals surface area contributed by atoms with Crippen molar-refractivity contribution < 1.29 is 13.2 Å². The fourth-order valence-electron chi connectivity index (χ4n) is 3.09. The summed E-state index contributed by atoms with van der Waals surface area (Å²) < 4.78 is 26.9. The highest BCUT2D eigenvalue weighted by Gasteiger charge is 2.24. The summed E-state index contributed by atoms with van der Waals surface area (Å²) in [5, 5.41) is 12.0. The lowest BCUT2D eigenvalue weighted by Gasteiger charge is -2.19. The van der Waals surface area contributed by atoms with Crippen LogP contribution < -0.4 is 5.32 Å². The number of aryl methyl sites for hydroxylation is 1. The highest BCUT2D eigenvalue weighted by Crippen LogP contribution is 2.25. The molecule has 1 heterocycles. The summed E-state index contributed by atoms with van der Waals surface area (Å²) in [6.07, 6.45) is 0.605. The van der Waals surface area contributed by atoms with E-state index in [1.54, 1.807) is 13.8 Å². The molecule has 7 nitrogen and oxygen atoms in total. The zero-order valence-corrected chi connectivity index (χ0v) is 19.8. The summed E-state index contributed by atoms with van der Waals surface area (Å²) in [6, 6.07) is 12.2. The lowest BCUT2D eigenvalue weighted by Crippen LogP contribution is -2.30. The molecule has 0 saturated carbocycles. The first-order valence-electron chi connectivity index (χ1n) is 9.73. The summed E-state index contributed by atoms with van der Waals surface area (Å²) in [5.74, 6) is -0.542. The Morgan fingerprint density at radius 3 is 2.55 bits per heavy atom. The Labute approximate surface area is 191 Å². The molecule has 31 heavy (non-hydrogen) atoms. The summed E-state index contributed by atoms with van der Waals surface area (Å²) >= 11 is 7.44. The van der Waals surface area contributed by atoms with Crippen LogP contribution in [0.1, 0.15) is 40.3 Å². The summed E-state index contributed by atoms with van der Waals surface area (Å²) in [6.45, 7) is 6.20. The van der Waals surface area contributed by atoms with Crippen LogP contribution in [-0.2, 0) is 16.4 Å². The second kappa shape index (κ2) is 9.86. The van der Waals surface area contributed by atoms with E-state index in [4.69, 9.17) is 11.6 Å². The molecule has 2 aromatic carbocycles. The molecule has 164 valence electrons. The van der Waals surface area contributed by atoms with Gasteiger partial charge >= 0.3 is 0 Å². The molecule has 1 amide bonds. The Bertz CT molecular complexity index is 1190. The van der Waals surface area contributed by atoms with Gasteiger partial charge in [-0.25, -0.2) is 8.42 Å². The molecule has 0 spiro atoms. The topological polar surface area (TPSA) is 92.3 Å². The predicted octanol–water partition coefficient (Wildman–Crippen LogP) is 4.37. The molecule has 1 aromatic heterocycles. The number of benzene rings is 2. The van der Waals surface area contributed by atoms with Gasteiger partial charge in [-0.2, -0.15) is 4.31 Å². The fourth-order valence-corrected chi connectivity index (χ4v) is 5.55. The highest BCUT2D eigenvalue weighted by atomic mass is 35.5. The van der Waals surface area contributed by atoms with E-state index in [-0.39, 0.29) is 15.5 Å². The second-order valence-electron chi connectivity index (χ2n) is 6.85. The fraction of sp³-hybridized carbons (Fsp3) is 0.286. The van der Waals surface area contributed by atoms with Crippen molar-refractivity contribution in [2.24, 2.45) is 0 Å². The zero-order valence-electron chi connectivity index (χ0n) is 17.4. The molecule has 1 N–H and O–H groups in total. The highest BCUT2D eigenvalue weighted by molar-refractivity contribution is 7.89. The summed E-state index contributed by atoms with van der Waals surface area (Å²) in [4.78, 5) is 12.8. The van der Waals surface area contributed by atoms with Crippen molar-refractivity contribution >= 4 is 44.0 Å². The monoisotopic (exact) mass is 478 g/mol. The molecule has 0 aliphatic rings. The third kappa shape index (κ3) is 5.48. The van der Waals surface area contributed by atoms with Crippen molar-refractivity contribution in [2.45, 2.75) is 32.1 Å². The van der Waals surface area contributed by atoms with E-state index in [1.165, 1.54) is 33.8 Å². The number of hydrogen-bond acceptors (Lipinski definition) is 6. The normalized spacial score (nSPS) is 11.6. The van der Waals surface area contributed by atoms with Gasteiger partial charge in [0, 0.05) is 19.5 Å². The van der Waals surface area contributed by atoms with Crippen LogP contribution in [0.25, 0.3) is 0 Å². The lowest BCUT2D eigenvalue weighted by molar-refractivity contribution is 0.102. The maximum Gasteiger partial charge on any atom is 0.259 e. The minimum Gasteiger partial charge on any atom is -0.296 e. The molecule has 3 rings (SSSR count). The van der Waals surface area contributed by atoms with Crippen LogP contribution in [0.2, 0.25) is 5.02 Å². The molecular formula is C21H23ClN4O3S2. The Kier molecular flexibility index (Phi) is 7.42. The van der Waals surface area contributed by atoms with E-state index in [9.17, 15) is 13.2 Å². The van der Waals surface area contributed by atoms with Crippen LogP contribution in [0.3, 0.4) is 0 Å². The van der Waals surface area contributed by atoms with Crippen LogP contribution in [0, 0.1) is 6.92 Å². The number of halogens is 1. The number of aromatic nitrogens is 2. The molecule has 0 saturated heterocycles. The Hall–Kier alpha value is -2.33. The Morgan fingerprint density at radius 2 is 1.87 bits per heavy atom. The molecule has 0 bridgehead atoms. The van der Waals surface area contributed by atoms with Gasteiger partial charge in [0.2, 0.25) is 15.2 Å². The molecule has 0 radical (unpaired) electrons. The molecule has 3 aromatic rings. The van der Waals surface area contributed by atoms with E-state index in [0.29, 0.717) is 24.6 Å². The quantitative estimate of drug-likeness (QED) is 0.518. The Morgan fingerprint density at radius 1 is 1.13 bits per heavy atom. The number of nitrogens with one attached hydrogen (secondary N) is 1. The van der Waals surface area contributed by atoms with Crippen molar-refractivity contribution in [3.8, 4) is 0 Å². The average molecular weight is 479 g/mol. The number of sulfonamides is 1. The smallest absolute Gasteiger partial charge is 0.259 e. The number of carbonyl (C=O) groups excluding carboxylic acids is 1. The van der Waals surface area contributed by atoms with Crippen LogP contribution in [-0.4, -0.2) is 41.9 Å². The van der Waals surface area contributed by atoms with Gasteiger partial charge in [-0.05, 0) is 30.7 Å². The van der Waals surface area contributed by atoms with Crippen LogP contribution >= 0.6 is 22.9 Å². The summed E-state index contributed by atoms with van der Waals surface area (Å²) in [5.41, 5.74) is 2.32. The third-order valence-electron chi connectivity index (χ3n) is 4.65. The van der Waals surface area contributed by atoms with Gasteiger partial charge in [0.05, 0.1) is 15.5 Å². The lowest BCUT2D eigenvalue weighted by atomic mass is 10.1. The van der Waals surface area contributed by atoms with Gasteiger partial charge in [0.1, 0.15) is 5.01 Å². The van der Waals surface area contributed by atoms with Crippen molar-refractivity contribution in [3.05, 3.63) is 69.2 Å². The van der Waals surface area contributed by atoms with E-state index >= 15 is 0 Å². The third-order valence-corrected chi connectivity index (χ3v) is 7.86. The van der Waals surface area contributed by atoms with Gasteiger partial charge in [0.25, 0.3) is 5.91 Å². The number of amides is 1.